The zero-order valence-electron chi connectivity index (χ0n) is 11.6. The molecule has 1 aromatic carbocycles. The van der Waals surface area contributed by atoms with Crippen molar-refractivity contribution in [3.63, 3.8) is 0 Å². The highest BCUT2D eigenvalue weighted by atomic mass is 16.5. The van der Waals surface area contributed by atoms with Gasteiger partial charge in [0.1, 0.15) is 6.61 Å². The molecule has 0 saturated heterocycles. The fraction of sp³-hybridized carbons (Fsp3) is 0.467. The maximum atomic E-state index is 11.8. The first kappa shape index (κ1) is 14.5. The molecule has 0 heterocycles. The van der Waals surface area contributed by atoms with Crippen molar-refractivity contribution in [3.05, 3.63) is 29.8 Å². The largest absolute Gasteiger partial charge is 0.411 e. The number of hydrogen-bond acceptors (Lipinski definition) is 4. The van der Waals surface area contributed by atoms with E-state index in [0.717, 1.165) is 42.6 Å². The lowest BCUT2D eigenvalue weighted by molar-refractivity contribution is -0.122. The molecule has 1 fully saturated rings. The van der Waals surface area contributed by atoms with Crippen LogP contribution in [0, 0.1) is 6.92 Å². The monoisotopic (exact) mass is 276 g/mol. The van der Waals surface area contributed by atoms with Gasteiger partial charge in [-0.3, -0.25) is 4.79 Å². The summed E-state index contributed by atoms with van der Waals surface area (Å²) in [5.74, 6) is -0.141. The second-order valence-corrected chi connectivity index (χ2v) is 5.09. The van der Waals surface area contributed by atoms with Crippen molar-refractivity contribution in [3.8, 4) is 0 Å². The molecule has 0 spiro atoms. The zero-order valence-corrected chi connectivity index (χ0v) is 11.6. The fourth-order valence-electron chi connectivity index (χ4n) is 2.30. The van der Waals surface area contributed by atoms with Crippen LogP contribution in [0.2, 0.25) is 0 Å². The lowest BCUT2D eigenvalue weighted by Gasteiger charge is -2.22. The number of aryl methyl sites for hydroxylation is 1. The third-order valence-corrected chi connectivity index (χ3v) is 3.40. The normalized spacial score (nSPS) is 18.6. The van der Waals surface area contributed by atoms with Gasteiger partial charge < -0.3 is 15.3 Å². The van der Waals surface area contributed by atoms with Gasteiger partial charge in [-0.15, -0.1) is 0 Å². The van der Waals surface area contributed by atoms with Crippen LogP contribution in [-0.2, 0) is 9.53 Å². The van der Waals surface area contributed by atoms with Gasteiger partial charge in [0.15, 0.2) is 0 Å². The third-order valence-electron chi connectivity index (χ3n) is 3.40. The van der Waals surface area contributed by atoms with Gasteiger partial charge in [0.05, 0.1) is 11.8 Å². The molecule has 0 bridgehead atoms. The van der Waals surface area contributed by atoms with E-state index in [2.05, 4.69) is 10.5 Å². The first-order chi connectivity index (χ1) is 9.67. The molecule has 1 amide bonds. The Kier molecular flexibility index (Phi) is 5.12. The summed E-state index contributed by atoms with van der Waals surface area (Å²) in [5.41, 5.74) is 2.71. The average molecular weight is 276 g/mol. The van der Waals surface area contributed by atoms with E-state index in [1.165, 1.54) is 0 Å². The Hall–Kier alpha value is -1.88. The van der Waals surface area contributed by atoms with Crippen LogP contribution in [0.4, 0.5) is 5.69 Å². The fourth-order valence-corrected chi connectivity index (χ4v) is 2.30. The number of benzene rings is 1. The number of anilines is 1. The number of nitrogens with one attached hydrogen (secondary N) is 1. The molecule has 0 aliphatic heterocycles. The van der Waals surface area contributed by atoms with Gasteiger partial charge >= 0.3 is 0 Å². The van der Waals surface area contributed by atoms with Crippen LogP contribution in [0.5, 0.6) is 0 Å². The quantitative estimate of drug-likeness (QED) is 0.656. The lowest BCUT2D eigenvalue weighted by atomic mass is 9.96. The molecule has 0 unspecified atom stereocenters. The Balaban J connectivity index is 1.73. The Morgan fingerprint density at radius 3 is 2.85 bits per heavy atom. The van der Waals surface area contributed by atoms with Gasteiger partial charge in [-0.1, -0.05) is 17.3 Å². The predicted octanol–water partition coefficient (Wildman–Crippen LogP) is 2.72. The van der Waals surface area contributed by atoms with Crippen molar-refractivity contribution in [1.82, 2.24) is 0 Å². The highest BCUT2D eigenvalue weighted by Gasteiger charge is 2.19. The van der Waals surface area contributed by atoms with Gasteiger partial charge in [0, 0.05) is 5.69 Å². The molecule has 1 aromatic rings. The van der Waals surface area contributed by atoms with Gasteiger partial charge in [-0.2, -0.15) is 0 Å². The summed E-state index contributed by atoms with van der Waals surface area (Å²) in [4.78, 5) is 11.8. The minimum Gasteiger partial charge on any atom is -0.411 e. The van der Waals surface area contributed by atoms with E-state index in [0.29, 0.717) is 0 Å². The predicted molar refractivity (Wildman–Crippen MR) is 77.2 cm³/mol. The van der Waals surface area contributed by atoms with Crippen molar-refractivity contribution in [2.75, 3.05) is 11.9 Å². The number of hydrogen-bond donors (Lipinski definition) is 2. The molecule has 1 aliphatic rings. The van der Waals surface area contributed by atoms with Crippen LogP contribution in [0.1, 0.15) is 31.2 Å². The molecule has 2 N–H and O–H groups in total. The minimum atomic E-state index is -0.141. The van der Waals surface area contributed by atoms with E-state index >= 15 is 0 Å². The van der Waals surface area contributed by atoms with E-state index in [-0.39, 0.29) is 18.6 Å². The van der Waals surface area contributed by atoms with Gasteiger partial charge in [-0.05, 0) is 50.3 Å². The van der Waals surface area contributed by atoms with Crippen LogP contribution in [0.25, 0.3) is 0 Å². The summed E-state index contributed by atoms with van der Waals surface area (Å²) in [6.07, 6.45) is 3.15. The van der Waals surface area contributed by atoms with Crippen molar-refractivity contribution < 1.29 is 14.7 Å². The average Bonchev–Trinajstić information content (AvgIpc) is 2.46. The van der Waals surface area contributed by atoms with Crippen molar-refractivity contribution in [1.29, 1.82) is 0 Å². The van der Waals surface area contributed by atoms with E-state index in [1.54, 1.807) is 0 Å². The van der Waals surface area contributed by atoms with Crippen molar-refractivity contribution in [2.45, 2.75) is 38.7 Å². The van der Waals surface area contributed by atoms with Crippen LogP contribution in [-0.4, -0.2) is 29.5 Å². The van der Waals surface area contributed by atoms with E-state index in [1.807, 2.05) is 31.2 Å². The molecular weight excluding hydrogens is 256 g/mol. The summed E-state index contributed by atoms with van der Waals surface area (Å²) in [6, 6.07) is 7.66. The maximum Gasteiger partial charge on any atom is 0.250 e. The smallest absolute Gasteiger partial charge is 0.250 e. The SMILES string of the molecule is Cc1cccc(NC(=O)COC2CCC(=NO)CC2)c1. The Bertz CT molecular complexity index is 490. The van der Waals surface area contributed by atoms with Gasteiger partial charge in [0.2, 0.25) is 5.91 Å². The maximum absolute atomic E-state index is 11.8. The lowest BCUT2D eigenvalue weighted by Crippen LogP contribution is -2.26. The first-order valence-corrected chi connectivity index (χ1v) is 6.85. The summed E-state index contributed by atoms with van der Waals surface area (Å²) in [6.45, 7) is 2.04. The standard InChI is InChI=1S/C15H20N2O3/c1-11-3-2-4-13(9-11)16-15(18)10-20-14-7-5-12(17-19)6-8-14/h2-4,9,14,19H,5-8,10H2,1H3,(H,16,18). The van der Waals surface area contributed by atoms with Crippen molar-refractivity contribution >= 4 is 17.3 Å². The highest BCUT2D eigenvalue weighted by Crippen LogP contribution is 2.19. The number of rotatable bonds is 4. The van der Waals surface area contributed by atoms with Crippen LogP contribution < -0.4 is 5.32 Å². The molecule has 108 valence electrons. The molecule has 0 aromatic heterocycles. The number of carbonyl (C=O) groups is 1. The van der Waals surface area contributed by atoms with Gasteiger partial charge in [-0.25, -0.2) is 0 Å². The number of amides is 1. The highest BCUT2D eigenvalue weighted by molar-refractivity contribution is 5.91. The van der Waals surface area contributed by atoms with Crippen LogP contribution in [0.3, 0.4) is 0 Å². The molecule has 20 heavy (non-hydrogen) atoms. The molecule has 1 aliphatic carbocycles. The molecule has 5 nitrogen and oxygen atoms in total. The first-order valence-electron chi connectivity index (χ1n) is 6.85. The van der Waals surface area contributed by atoms with Crippen LogP contribution >= 0.6 is 0 Å². The second-order valence-electron chi connectivity index (χ2n) is 5.09. The van der Waals surface area contributed by atoms with E-state index in [9.17, 15) is 4.79 Å². The second kappa shape index (κ2) is 7.05. The topological polar surface area (TPSA) is 70.9 Å². The van der Waals surface area contributed by atoms with Gasteiger partial charge in [0.25, 0.3) is 0 Å². The Labute approximate surface area is 118 Å². The molecule has 1 saturated carbocycles. The zero-order chi connectivity index (χ0) is 14.4. The molecule has 2 rings (SSSR count). The summed E-state index contributed by atoms with van der Waals surface area (Å²) in [7, 11) is 0. The molecule has 0 atom stereocenters. The Morgan fingerprint density at radius 2 is 2.20 bits per heavy atom. The number of ether oxygens (including phenoxy) is 1. The van der Waals surface area contributed by atoms with Crippen LogP contribution in [0.15, 0.2) is 29.4 Å². The summed E-state index contributed by atoms with van der Waals surface area (Å²) >= 11 is 0. The molecule has 5 heteroatoms. The number of carbonyl (C=O) groups excluding carboxylic acids is 1. The Morgan fingerprint density at radius 1 is 1.45 bits per heavy atom. The van der Waals surface area contributed by atoms with Crippen molar-refractivity contribution in [2.24, 2.45) is 5.16 Å². The number of oxime groups is 1. The van der Waals surface area contributed by atoms with E-state index < -0.39 is 0 Å². The third kappa shape index (κ3) is 4.35. The summed E-state index contributed by atoms with van der Waals surface area (Å²) < 4.78 is 5.59. The number of nitrogens with zero attached hydrogens (tertiary/aromatic N) is 1. The van der Waals surface area contributed by atoms with E-state index in [4.69, 9.17) is 9.94 Å². The minimum absolute atomic E-state index is 0.0597. The summed E-state index contributed by atoms with van der Waals surface area (Å²) in [5, 5.41) is 14.7. The molecule has 0 radical (unpaired) electrons. The molecular formula is C15H20N2O3.